The SMILES string of the molecule is N#CCOc1cccc(NC(=O)NCCc2ccc(S(N)(=O)=O)cc2)c1. The smallest absolute Gasteiger partial charge is 0.319 e. The summed E-state index contributed by atoms with van der Waals surface area (Å²) in [6, 6.07) is 14.3. The molecule has 0 unspecified atom stereocenters. The number of carbonyl (C=O) groups excluding carboxylic acids is 1. The summed E-state index contributed by atoms with van der Waals surface area (Å²) < 4.78 is 27.5. The number of urea groups is 1. The first-order valence-corrected chi connectivity index (χ1v) is 9.19. The Morgan fingerprint density at radius 3 is 2.58 bits per heavy atom. The average molecular weight is 374 g/mol. The van der Waals surface area contributed by atoms with Crippen molar-refractivity contribution in [2.24, 2.45) is 5.14 Å². The predicted octanol–water partition coefficient (Wildman–Crippen LogP) is 1.60. The monoisotopic (exact) mass is 374 g/mol. The molecule has 9 heteroatoms. The van der Waals surface area contributed by atoms with Crippen molar-refractivity contribution >= 4 is 21.7 Å². The summed E-state index contributed by atoms with van der Waals surface area (Å²) in [5.74, 6) is 0.485. The Balaban J connectivity index is 1.81. The maximum atomic E-state index is 11.9. The van der Waals surface area contributed by atoms with E-state index in [1.54, 1.807) is 36.4 Å². The zero-order valence-corrected chi connectivity index (χ0v) is 14.6. The van der Waals surface area contributed by atoms with Crippen molar-refractivity contribution in [1.29, 1.82) is 5.26 Å². The Labute approximate surface area is 151 Å². The van der Waals surface area contributed by atoms with Crippen molar-refractivity contribution in [2.75, 3.05) is 18.5 Å². The van der Waals surface area contributed by atoms with E-state index in [4.69, 9.17) is 15.1 Å². The number of carbonyl (C=O) groups is 1. The highest BCUT2D eigenvalue weighted by Crippen LogP contribution is 2.17. The molecule has 0 saturated carbocycles. The summed E-state index contributed by atoms with van der Waals surface area (Å²) in [5, 5.41) is 18.9. The van der Waals surface area contributed by atoms with Gasteiger partial charge in [-0.05, 0) is 36.2 Å². The molecule has 26 heavy (non-hydrogen) atoms. The van der Waals surface area contributed by atoms with Crippen molar-refractivity contribution in [1.82, 2.24) is 5.32 Å². The number of anilines is 1. The van der Waals surface area contributed by atoms with Crippen LogP contribution in [0.25, 0.3) is 0 Å². The Hall–Kier alpha value is -3.09. The number of sulfonamides is 1. The van der Waals surface area contributed by atoms with Gasteiger partial charge in [-0.2, -0.15) is 5.26 Å². The van der Waals surface area contributed by atoms with Gasteiger partial charge in [-0.1, -0.05) is 18.2 Å². The van der Waals surface area contributed by atoms with Gasteiger partial charge >= 0.3 is 6.03 Å². The minimum Gasteiger partial charge on any atom is -0.479 e. The molecule has 2 amide bonds. The molecular formula is C17H18N4O4S. The van der Waals surface area contributed by atoms with Crippen LogP contribution < -0.4 is 20.5 Å². The third-order valence-corrected chi connectivity index (χ3v) is 4.28. The highest BCUT2D eigenvalue weighted by atomic mass is 32.2. The van der Waals surface area contributed by atoms with Gasteiger partial charge in [-0.15, -0.1) is 0 Å². The molecule has 0 bridgehead atoms. The lowest BCUT2D eigenvalue weighted by atomic mass is 10.1. The van der Waals surface area contributed by atoms with Crippen molar-refractivity contribution in [3.05, 3.63) is 54.1 Å². The Morgan fingerprint density at radius 2 is 1.92 bits per heavy atom. The molecule has 136 valence electrons. The number of ether oxygens (including phenoxy) is 1. The number of rotatable bonds is 7. The van der Waals surface area contributed by atoms with E-state index in [0.29, 0.717) is 24.4 Å². The molecule has 2 aromatic carbocycles. The second kappa shape index (κ2) is 8.84. The quantitative estimate of drug-likeness (QED) is 0.677. The summed E-state index contributed by atoms with van der Waals surface area (Å²) in [4.78, 5) is 11.9. The highest BCUT2D eigenvalue weighted by Gasteiger charge is 2.07. The van der Waals surface area contributed by atoms with Gasteiger partial charge in [-0.3, -0.25) is 0 Å². The van der Waals surface area contributed by atoms with Gasteiger partial charge < -0.3 is 15.4 Å². The number of benzene rings is 2. The fourth-order valence-corrected chi connectivity index (χ4v) is 2.64. The minimum atomic E-state index is -3.71. The Kier molecular flexibility index (Phi) is 6.54. The van der Waals surface area contributed by atoms with Gasteiger partial charge in [0.2, 0.25) is 10.0 Å². The second-order valence-corrected chi connectivity index (χ2v) is 6.86. The molecule has 0 aliphatic heterocycles. The van der Waals surface area contributed by atoms with Crippen LogP contribution in [-0.2, 0) is 16.4 Å². The van der Waals surface area contributed by atoms with Crippen LogP contribution >= 0.6 is 0 Å². The lowest BCUT2D eigenvalue weighted by molar-refractivity contribution is 0.252. The maximum Gasteiger partial charge on any atom is 0.319 e. The normalized spacial score (nSPS) is 10.6. The number of nitrogens with one attached hydrogen (secondary N) is 2. The van der Waals surface area contributed by atoms with E-state index in [2.05, 4.69) is 10.6 Å². The third-order valence-electron chi connectivity index (χ3n) is 3.35. The Bertz CT molecular complexity index is 905. The van der Waals surface area contributed by atoms with E-state index in [1.807, 2.05) is 6.07 Å². The third kappa shape index (κ3) is 6.08. The fraction of sp³-hybridized carbons (Fsp3) is 0.176. The standard InChI is InChI=1S/C17H18N4O4S/c18-9-11-25-15-3-1-2-14(12-15)21-17(22)20-10-8-13-4-6-16(7-5-13)26(19,23)24/h1-7,12H,8,10-11H2,(H2,19,23,24)(H2,20,21,22). The van der Waals surface area contributed by atoms with Crippen molar-refractivity contribution in [3.63, 3.8) is 0 Å². The van der Waals surface area contributed by atoms with Crippen LogP contribution in [0.1, 0.15) is 5.56 Å². The number of nitrogens with two attached hydrogens (primary N) is 1. The van der Waals surface area contributed by atoms with E-state index >= 15 is 0 Å². The number of hydrogen-bond donors (Lipinski definition) is 3. The molecule has 0 aromatic heterocycles. The van der Waals surface area contributed by atoms with Gasteiger partial charge in [0.1, 0.15) is 11.8 Å². The number of primary sulfonamides is 1. The second-order valence-electron chi connectivity index (χ2n) is 5.29. The molecule has 2 rings (SSSR count). The largest absolute Gasteiger partial charge is 0.479 e. The van der Waals surface area contributed by atoms with Crippen LogP contribution in [0.3, 0.4) is 0 Å². The van der Waals surface area contributed by atoms with Crippen molar-refractivity contribution < 1.29 is 17.9 Å². The molecular weight excluding hydrogens is 356 g/mol. The highest BCUT2D eigenvalue weighted by molar-refractivity contribution is 7.89. The summed E-state index contributed by atoms with van der Waals surface area (Å²) in [5.41, 5.74) is 1.40. The van der Waals surface area contributed by atoms with Gasteiger partial charge in [-0.25, -0.2) is 18.4 Å². The topological polar surface area (TPSA) is 134 Å². The zero-order valence-electron chi connectivity index (χ0n) is 13.8. The van der Waals surface area contributed by atoms with E-state index in [9.17, 15) is 13.2 Å². The molecule has 8 nitrogen and oxygen atoms in total. The van der Waals surface area contributed by atoms with Crippen LogP contribution in [0.5, 0.6) is 5.75 Å². The van der Waals surface area contributed by atoms with Crippen LogP contribution in [0, 0.1) is 11.3 Å². The number of amides is 2. The molecule has 2 aromatic rings. The summed E-state index contributed by atoms with van der Waals surface area (Å²) in [6.45, 7) is 0.297. The molecule has 0 radical (unpaired) electrons. The zero-order chi connectivity index (χ0) is 19.0. The molecule has 0 heterocycles. The predicted molar refractivity (Wildman–Crippen MR) is 96.1 cm³/mol. The van der Waals surface area contributed by atoms with Gasteiger partial charge in [0.15, 0.2) is 6.61 Å². The molecule has 0 spiro atoms. The summed E-state index contributed by atoms with van der Waals surface area (Å²) >= 11 is 0. The first-order chi connectivity index (χ1) is 12.4. The first-order valence-electron chi connectivity index (χ1n) is 7.65. The van der Waals surface area contributed by atoms with Crippen LogP contribution in [-0.4, -0.2) is 27.6 Å². The first kappa shape index (κ1) is 19.2. The average Bonchev–Trinajstić information content (AvgIpc) is 2.60. The molecule has 0 fully saturated rings. The van der Waals surface area contributed by atoms with E-state index in [-0.39, 0.29) is 17.5 Å². The van der Waals surface area contributed by atoms with E-state index in [0.717, 1.165) is 5.56 Å². The van der Waals surface area contributed by atoms with Gasteiger partial charge in [0.25, 0.3) is 0 Å². The minimum absolute atomic E-state index is 0.0467. The number of nitrogens with zero attached hydrogens (tertiary/aromatic N) is 1. The lowest BCUT2D eigenvalue weighted by Crippen LogP contribution is -2.30. The number of hydrogen-bond acceptors (Lipinski definition) is 5. The summed E-state index contributed by atoms with van der Waals surface area (Å²) in [7, 11) is -3.71. The maximum absolute atomic E-state index is 11.9. The molecule has 0 atom stereocenters. The molecule has 0 aliphatic rings. The molecule has 0 aliphatic carbocycles. The fourth-order valence-electron chi connectivity index (χ4n) is 2.12. The molecule has 0 saturated heterocycles. The van der Waals surface area contributed by atoms with Crippen molar-refractivity contribution in [3.8, 4) is 11.8 Å². The van der Waals surface area contributed by atoms with Gasteiger partial charge in [0.05, 0.1) is 4.90 Å². The lowest BCUT2D eigenvalue weighted by Gasteiger charge is -2.09. The van der Waals surface area contributed by atoms with E-state index < -0.39 is 10.0 Å². The van der Waals surface area contributed by atoms with Crippen LogP contribution in [0.2, 0.25) is 0 Å². The number of nitriles is 1. The van der Waals surface area contributed by atoms with Crippen LogP contribution in [0.15, 0.2) is 53.4 Å². The molecule has 4 N–H and O–H groups in total. The Morgan fingerprint density at radius 1 is 1.19 bits per heavy atom. The van der Waals surface area contributed by atoms with Crippen molar-refractivity contribution in [2.45, 2.75) is 11.3 Å². The van der Waals surface area contributed by atoms with Crippen LogP contribution in [0.4, 0.5) is 10.5 Å². The van der Waals surface area contributed by atoms with E-state index in [1.165, 1.54) is 12.1 Å². The summed E-state index contributed by atoms with van der Waals surface area (Å²) in [6.07, 6.45) is 0.531. The van der Waals surface area contributed by atoms with Gasteiger partial charge in [0, 0.05) is 18.3 Å².